The zero-order chi connectivity index (χ0) is 23.7. The van der Waals surface area contributed by atoms with Crippen LogP contribution in [-0.4, -0.2) is 17.8 Å². The molecule has 8 heteroatoms. The van der Waals surface area contributed by atoms with Crippen molar-refractivity contribution >= 4 is 56.7 Å². The van der Waals surface area contributed by atoms with Gasteiger partial charge in [-0.3, -0.25) is 9.59 Å². The molecule has 3 aromatic rings. The third-order valence-electron chi connectivity index (χ3n) is 5.05. The molecule has 166 valence electrons. The van der Waals surface area contributed by atoms with Gasteiger partial charge in [0.05, 0.1) is 11.3 Å². The van der Waals surface area contributed by atoms with Crippen molar-refractivity contribution in [2.45, 2.75) is 13.8 Å². The maximum absolute atomic E-state index is 13.0. The monoisotopic (exact) mass is 524 g/mol. The zero-order valence-electron chi connectivity index (χ0n) is 17.7. The molecule has 4 rings (SSSR count). The molecule has 0 aromatic heterocycles. The number of amides is 2. The normalized spacial score (nSPS) is 13.5. The largest absolute Gasteiger partial charge is 0.423 e. The number of nitrogens with one attached hydrogen (secondary N) is 1. The van der Waals surface area contributed by atoms with Gasteiger partial charge in [-0.1, -0.05) is 39.7 Å². The van der Waals surface area contributed by atoms with Crippen molar-refractivity contribution in [2.24, 2.45) is 0 Å². The van der Waals surface area contributed by atoms with Gasteiger partial charge in [-0.15, -0.1) is 0 Å². The Hall–Kier alpha value is -3.42. The van der Waals surface area contributed by atoms with Crippen molar-refractivity contribution in [1.29, 1.82) is 0 Å². The summed E-state index contributed by atoms with van der Waals surface area (Å²) in [5, 5.41) is 2.71. The molecule has 1 aliphatic heterocycles. The van der Waals surface area contributed by atoms with Crippen LogP contribution < -0.4 is 15.0 Å². The first kappa shape index (κ1) is 22.8. The number of hydrogen-bond donors (Lipinski definition) is 1. The second kappa shape index (κ2) is 9.21. The van der Waals surface area contributed by atoms with Crippen LogP contribution in [0.4, 0.5) is 11.4 Å². The van der Waals surface area contributed by atoms with Crippen LogP contribution in [0.15, 0.2) is 81.9 Å². The summed E-state index contributed by atoms with van der Waals surface area (Å²) in [6, 6.07) is 18.7. The highest BCUT2D eigenvalue weighted by molar-refractivity contribution is 9.10. The highest BCUT2D eigenvalue weighted by Crippen LogP contribution is 2.32. The molecule has 6 nitrogen and oxygen atoms in total. The zero-order valence-corrected chi connectivity index (χ0v) is 20.0. The topological polar surface area (TPSA) is 75.7 Å². The summed E-state index contributed by atoms with van der Waals surface area (Å²) < 4.78 is 6.22. The summed E-state index contributed by atoms with van der Waals surface area (Å²) in [5.41, 5.74) is 2.99. The van der Waals surface area contributed by atoms with E-state index in [4.69, 9.17) is 16.3 Å². The number of aryl methyl sites for hydroxylation is 2. The van der Waals surface area contributed by atoms with Gasteiger partial charge in [-0.2, -0.15) is 0 Å². The number of carbonyl (C=O) groups is 3. The highest BCUT2D eigenvalue weighted by atomic mass is 79.9. The number of rotatable bonds is 5. The summed E-state index contributed by atoms with van der Waals surface area (Å²) in [7, 11) is 0. The van der Waals surface area contributed by atoms with Crippen molar-refractivity contribution in [2.75, 3.05) is 10.2 Å². The van der Waals surface area contributed by atoms with Crippen LogP contribution in [0.3, 0.4) is 0 Å². The van der Waals surface area contributed by atoms with Gasteiger partial charge in [-0.25, -0.2) is 9.69 Å². The Kier molecular flexibility index (Phi) is 6.35. The molecule has 0 aliphatic carbocycles. The number of hydrogen-bond acceptors (Lipinski definition) is 5. The lowest BCUT2D eigenvalue weighted by Gasteiger charge is -2.18. The Labute approximate surface area is 203 Å². The lowest BCUT2D eigenvalue weighted by Crippen LogP contribution is -2.32. The van der Waals surface area contributed by atoms with E-state index in [0.717, 1.165) is 20.5 Å². The first-order valence-electron chi connectivity index (χ1n) is 9.95. The molecule has 0 bridgehead atoms. The minimum atomic E-state index is -0.590. The minimum absolute atomic E-state index is 0.0206. The van der Waals surface area contributed by atoms with Gasteiger partial charge in [0.25, 0.3) is 11.8 Å². The molecule has 0 radical (unpaired) electrons. The van der Waals surface area contributed by atoms with E-state index in [1.54, 1.807) is 54.6 Å². The molecule has 0 spiro atoms. The predicted molar refractivity (Wildman–Crippen MR) is 130 cm³/mol. The Morgan fingerprint density at radius 3 is 2.27 bits per heavy atom. The van der Waals surface area contributed by atoms with Crippen LogP contribution >= 0.6 is 27.5 Å². The van der Waals surface area contributed by atoms with Crippen molar-refractivity contribution in [3.8, 4) is 5.75 Å². The number of benzene rings is 3. The highest BCUT2D eigenvalue weighted by Gasteiger charge is 2.39. The fraction of sp³-hybridized carbons (Fsp3) is 0.0800. The Morgan fingerprint density at radius 1 is 0.939 bits per heavy atom. The van der Waals surface area contributed by atoms with Gasteiger partial charge in [-0.05, 0) is 79.6 Å². The van der Waals surface area contributed by atoms with Crippen LogP contribution in [0, 0.1) is 13.8 Å². The van der Waals surface area contributed by atoms with Gasteiger partial charge in [0.2, 0.25) is 0 Å². The summed E-state index contributed by atoms with van der Waals surface area (Å²) in [6.07, 6.45) is 0. The molecule has 2 amide bonds. The van der Waals surface area contributed by atoms with Crippen molar-refractivity contribution in [1.82, 2.24) is 0 Å². The second-order valence-electron chi connectivity index (χ2n) is 7.47. The molecule has 0 unspecified atom stereocenters. The minimum Gasteiger partial charge on any atom is -0.423 e. The van der Waals surface area contributed by atoms with Crippen LogP contribution in [0.2, 0.25) is 0 Å². The number of carbonyl (C=O) groups excluding carboxylic acids is 3. The molecule has 0 saturated heterocycles. The molecule has 1 heterocycles. The quantitative estimate of drug-likeness (QED) is 0.262. The van der Waals surface area contributed by atoms with E-state index in [9.17, 15) is 14.4 Å². The Morgan fingerprint density at radius 2 is 1.61 bits per heavy atom. The van der Waals surface area contributed by atoms with Crippen LogP contribution in [0.1, 0.15) is 21.5 Å². The summed E-state index contributed by atoms with van der Waals surface area (Å²) in [5.74, 6) is -1.23. The maximum atomic E-state index is 13.0. The molecule has 3 aromatic carbocycles. The molecule has 33 heavy (non-hydrogen) atoms. The van der Waals surface area contributed by atoms with E-state index in [1.165, 1.54) is 0 Å². The lowest BCUT2D eigenvalue weighted by atomic mass is 10.1. The fourth-order valence-corrected chi connectivity index (χ4v) is 3.77. The van der Waals surface area contributed by atoms with E-state index in [0.29, 0.717) is 22.7 Å². The SMILES string of the molecule is Cc1ccc(C)c(N2C(=O)C(Cl)=C(Nc3ccc(C(=O)Oc4ccc(Br)cc4)cc3)C2=O)c1. The number of imide groups is 1. The average molecular weight is 526 g/mol. The molecule has 0 fully saturated rings. The second-order valence-corrected chi connectivity index (χ2v) is 8.76. The summed E-state index contributed by atoms with van der Waals surface area (Å²) in [6.45, 7) is 3.70. The standard InChI is InChI=1S/C25H18BrClN2O4/c1-14-3-4-15(2)20(13-14)29-23(30)21(27)22(24(29)31)28-18-9-5-16(6-10-18)25(32)33-19-11-7-17(26)8-12-19/h3-13,28H,1-2H3. The molecule has 1 N–H and O–H groups in total. The molecular weight excluding hydrogens is 508 g/mol. The van der Waals surface area contributed by atoms with E-state index in [2.05, 4.69) is 21.2 Å². The first-order chi connectivity index (χ1) is 15.7. The Bertz CT molecular complexity index is 1300. The van der Waals surface area contributed by atoms with Crippen LogP contribution in [0.5, 0.6) is 5.75 Å². The van der Waals surface area contributed by atoms with E-state index < -0.39 is 17.8 Å². The molecule has 0 saturated carbocycles. The van der Waals surface area contributed by atoms with Crippen molar-refractivity contribution < 1.29 is 19.1 Å². The third-order valence-corrected chi connectivity index (χ3v) is 5.93. The number of esters is 1. The van der Waals surface area contributed by atoms with Gasteiger partial charge < -0.3 is 10.1 Å². The average Bonchev–Trinajstić information content (AvgIpc) is 3.00. The molecule has 0 atom stereocenters. The van der Waals surface area contributed by atoms with Crippen molar-refractivity contribution in [3.05, 3.63) is 98.6 Å². The van der Waals surface area contributed by atoms with Crippen LogP contribution in [0.25, 0.3) is 0 Å². The molecular formula is C25H18BrClN2O4. The number of nitrogens with zero attached hydrogens (tertiary/aromatic N) is 1. The summed E-state index contributed by atoms with van der Waals surface area (Å²) >= 11 is 9.55. The molecule has 1 aliphatic rings. The van der Waals surface area contributed by atoms with Gasteiger partial charge in [0.15, 0.2) is 0 Å². The van der Waals surface area contributed by atoms with Crippen LogP contribution in [-0.2, 0) is 9.59 Å². The lowest BCUT2D eigenvalue weighted by molar-refractivity contribution is -0.120. The number of ether oxygens (including phenoxy) is 1. The first-order valence-corrected chi connectivity index (χ1v) is 11.1. The third kappa shape index (κ3) is 4.69. The van der Waals surface area contributed by atoms with Gasteiger partial charge in [0.1, 0.15) is 16.5 Å². The smallest absolute Gasteiger partial charge is 0.343 e. The maximum Gasteiger partial charge on any atom is 0.343 e. The Balaban J connectivity index is 1.50. The predicted octanol–water partition coefficient (Wildman–Crippen LogP) is 5.72. The van der Waals surface area contributed by atoms with Crippen molar-refractivity contribution in [3.63, 3.8) is 0 Å². The van der Waals surface area contributed by atoms with E-state index in [1.807, 2.05) is 26.0 Å². The van der Waals surface area contributed by atoms with Gasteiger partial charge >= 0.3 is 5.97 Å². The van der Waals surface area contributed by atoms with E-state index >= 15 is 0 Å². The summed E-state index contributed by atoms with van der Waals surface area (Å²) in [4.78, 5) is 39.2. The van der Waals surface area contributed by atoms with Gasteiger partial charge in [0, 0.05) is 10.2 Å². The number of anilines is 2. The number of halogens is 2. The van der Waals surface area contributed by atoms with E-state index in [-0.39, 0.29) is 10.7 Å². The fourth-order valence-electron chi connectivity index (χ4n) is 3.29.